The number of aryl methyl sites for hydroxylation is 1. The minimum Gasteiger partial charge on any atom is -0.353 e. The standard InChI is InChI=1S/C18H26N6O/c1-14-6-7-16(21-20-14)22-8-5-9-23(11-10-22)17(25)15-12-19-24(13-15)18(2,3)4/h6-7,12-13H,5,8-11H2,1-4H3. The predicted octanol–water partition coefficient (Wildman–Crippen LogP) is 2.09. The van der Waals surface area contributed by atoms with Crippen LogP contribution in [0.1, 0.15) is 43.2 Å². The Morgan fingerprint density at radius 1 is 1.08 bits per heavy atom. The highest BCUT2D eigenvalue weighted by atomic mass is 16.2. The molecule has 0 N–H and O–H groups in total. The van der Waals surface area contributed by atoms with Crippen LogP contribution in [-0.4, -0.2) is 57.0 Å². The van der Waals surface area contributed by atoms with Crippen molar-refractivity contribution in [2.45, 2.75) is 39.7 Å². The van der Waals surface area contributed by atoms with Gasteiger partial charge in [0.15, 0.2) is 5.82 Å². The molecule has 7 heteroatoms. The second-order valence-corrected chi connectivity index (χ2v) is 7.51. The van der Waals surface area contributed by atoms with Crippen LogP contribution in [0.2, 0.25) is 0 Å². The maximum atomic E-state index is 12.8. The lowest BCUT2D eigenvalue weighted by Gasteiger charge is -2.22. The number of amides is 1. The molecule has 2 aromatic heterocycles. The molecular formula is C18H26N6O. The molecular weight excluding hydrogens is 316 g/mol. The number of hydrogen-bond acceptors (Lipinski definition) is 5. The summed E-state index contributed by atoms with van der Waals surface area (Å²) < 4.78 is 1.84. The fraction of sp³-hybridized carbons (Fsp3) is 0.556. The smallest absolute Gasteiger partial charge is 0.257 e. The van der Waals surface area contributed by atoms with Gasteiger partial charge in [-0.05, 0) is 46.2 Å². The van der Waals surface area contributed by atoms with Crippen molar-refractivity contribution in [3.63, 3.8) is 0 Å². The topological polar surface area (TPSA) is 67.2 Å². The van der Waals surface area contributed by atoms with Crippen molar-refractivity contribution < 1.29 is 4.79 Å². The summed E-state index contributed by atoms with van der Waals surface area (Å²) in [6, 6.07) is 3.96. The van der Waals surface area contributed by atoms with Crippen molar-refractivity contribution in [1.29, 1.82) is 0 Å². The van der Waals surface area contributed by atoms with Gasteiger partial charge in [-0.1, -0.05) is 0 Å². The van der Waals surface area contributed by atoms with E-state index in [1.54, 1.807) is 6.20 Å². The van der Waals surface area contributed by atoms with Gasteiger partial charge in [-0.15, -0.1) is 5.10 Å². The zero-order valence-corrected chi connectivity index (χ0v) is 15.4. The Labute approximate surface area is 148 Å². The molecule has 0 bridgehead atoms. The van der Waals surface area contributed by atoms with E-state index in [0.29, 0.717) is 12.1 Å². The maximum absolute atomic E-state index is 12.8. The van der Waals surface area contributed by atoms with Crippen molar-refractivity contribution in [2.24, 2.45) is 0 Å². The van der Waals surface area contributed by atoms with Crippen LogP contribution in [0.4, 0.5) is 5.82 Å². The van der Waals surface area contributed by atoms with Gasteiger partial charge in [-0.25, -0.2) is 0 Å². The molecule has 1 aliphatic rings. The third-order valence-corrected chi connectivity index (χ3v) is 4.41. The van der Waals surface area contributed by atoms with E-state index in [1.165, 1.54) is 0 Å². The highest BCUT2D eigenvalue weighted by Crippen LogP contribution is 2.17. The molecule has 3 heterocycles. The summed E-state index contributed by atoms with van der Waals surface area (Å²) in [4.78, 5) is 16.9. The molecule has 3 rings (SSSR count). The summed E-state index contributed by atoms with van der Waals surface area (Å²) in [7, 11) is 0. The summed E-state index contributed by atoms with van der Waals surface area (Å²) >= 11 is 0. The van der Waals surface area contributed by atoms with Crippen LogP contribution in [0.15, 0.2) is 24.5 Å². The van der Waals surface area contributed by atoms with Crippen molar-refractivity contribution in [2.75, 3.05) is 31.1 Å². The molecule has 0 radical (unpaired) electrons. The Hall–Kier alpha value is -2.44. The van der Waals surface area contributed by atoms with Crippen LogP contribution in [0.5, 0.6) is 0 Å². The zero-order chi connectivity index (χ0) is 18.0. The summed E-state index contributed by atoms with van der Waals surface area (Å²) in [6.45, 7) is 11.2. The van der Waals surface area contributed by atoms with Crippen molar-refractivity contribution in [3.8, 4) is 0 Å². The Morgan fingerprint density at radius 2 is 1.88 bits per heavy atom. The van der Waals surface area contributed by atoms with Gasteiger partial charge in [-0.3, -0.25) is 9.48 Å². The van der Waals surface area contributed by atoms with Crippen molar-refractivity contribution in [1.82, 2.24) is 24.9 Å². The summed E-state index contributed by atoms with van der Waals surface area (Å²) in [5.41, 5.74) is 1.43. The number of carbonyl (C=O) groups is 1. The number of aromatic nitrogens is 4. The molecule has 0 unspecified atom stereocenters. The molecule has 134 valence electrons. The van der Waals surface area contributed by atoms with Gasteiger partial charge in [0.05, 0.1) is 23.0 Å². The first-order valence-electron chi connectivity index (χ1n) is 8.74. The molecule has 0 spiro atoms. The quantitative estimate of drug-likeness (QED) is 0.836. The SMILES string of the molecule is Cc1ccc(N2CCCN(C(=O)c3cnn(C(C)(C)C)c3)CC2)nn1. The Balaban J connectivity index is 1.67. The van der Waals surface area contributed by atoms with E-state index in [2.05, 4.69) is 41.0 Å². The minimum atomic E-state index is -0.127. The van der Waals surface area contributed by atoms with E-state index >= 15 is 0 Å². The first kappa shape index (κ1) is 17.4. The molecule has 0 saturated carbocycles. The van der Waals surface area contributed by atoms with Gasteiger partial charge in [0.1, 0.15) is 0 Å². The molecule has 7 nitrogen and oxygen atoms in total. The molecule has 1 aliphatic heterocycles. The number of anilines is 1. The molecule has 2 aromatic rings. The third kappa shape index (κ3) is 3.97. The Bertz CT molecular complexity index is 731. The van der Waals surface area contributed by atoms with E-state index in [9.17, 15) is 4.79 Å². The Morgan fingerprint density at radius 3 is 2.52 bits per heavy atom. The van der Waals surface area contributed by atoms with Gasteiger partial charge in [-0.2, -0.15) is 10.2 Å². The molecule has 1 saturated heterocycles. The highest BCUT2D eigenvalue weighted by Gasteiger charge is 2.23. The van der Waals surface area contributed by atoms with Crippen molar-refractivity contribution in [3.05, 3.63) is 35.8 Å². The van der Waals surface area contributed by atoms with Crippen LogP contribution < -0.4 is 4.90 Å². The largest absolute Gasteiger partial charge is 0.353 e. The van der Waals surface area contributed by atoms with Crippen molar-refractivity contribution >= 4 is 11.7 Å². The second-order valence-electron chi connectivity index (χ2n) is 7.51. The molecule has 0 aromatic carbocycles. The van der Waals surface area contributed by atoms with Crippen LogP contribution in [0.25, 0.3) is 0 Å². The number of hydrogen-bond donors (Lipinski definition) is 0. The highest BCUT2D eigenvalue weighted by molar-refractivity contribution is 5.93. The number of carbonyl (C=O) groups excluding carboxylic acids is 1. The predicted molar refractivity (Wildman–Crippen MR) is 96.7 cm³/mol. The molecule has 0 atom stereocenters. The molecule has 0 aliphatic carbocycles. The molecule has 1 amide bonds. The van der Waals surface area contributed by atoms with Gasteiger partial charge in [0.2, 0.25) is 0 Å². The van der Waals surface area contributed by atoms with E-state index in [1.807, 2.05) is 34.8 Å². The van der Waals surface area contributed by atoms with E-state index in [0.717, 1.165) is 37.6 Å². The van der Waals surface area contributed by atoms with Crippen LogP contribution in [0.3, 0.4) is 0 Å². The van der Waals surface area contributed by atoms with Crippen LogP contribution in [-0.2, 0) is 5.54 Å². The van der Waals surface area contributed by atoms with E-state index < -0.39 is 0 Å². The first-order valence-corrected chi connectivity index (χ1v) is 8.74. The van der Waals surface area contributed by atoms with Gasteiger partial charge < -0.3 is 9.80 Å². The first-order chi connectivity index (χ1) is 11.8. The summed E-state index contributed by atoms with van der Waals surface area (Å²) in [6.07, 6.45) is 4.42. The molecule has 25 heavy (non-hydrogen) atoms. The monoisotopic (exact) mass is 342 g/mol. The molecule has 1 fully saturated rings. The average molecular weight is 342 g/mol. The lowest BCUT2D eigenvalue weighted by atomic mass is 10.1. The van der Waals surface area contributed by atoms with E-state index in [-0.39, 0.29) is 11.4 Å². The lowest BCUT2D eigenvalue weighted by Crippen LogP contribution is -2.35. The fourth-order valence-corrected chi connectivity index (χ4v) is 2.89. The number of rotatable bonds is 2. The summed E-state index contributed by atoms with van der Waals surface area (Å²) in [5, 5.41) is 12.7. The zero-order valence-electron chi connectivity index (χ0n) is 15.4. The fourth-order valence-electron chi connectivity index (χ4n) is 2.89. The summed E-state index contributed by atoms with van der Waals surface area (Å²) in [5.74, 6) is 0.924. The number of nitrogens with zero attached hydrogens (tertiary/aromatic N) is 6. The van der Waals surface area contributed by atoms with Gasteiger partial charge in [0.25, 0.3) is 5.91 Å². The van der Waals surface area contributed by atoms with E-state index in [4.69, 9.17) is 0 Å². The normalized spacial score (nSPS) is 16.0. The second kappa shape index (κ2) is 6.82. The average Bonchev–Trinajstić information content (AvgIpc) is 2.95. The van der Waals surface area contributed by atoms with Gasteiger partial charge >= 0.3 is 0 Å². The van der Waals surface area contributed by atoms with Crippen LogP contribution in [0, 0.1) is 6.92 Å². The maximum Gasteiger partial charge on any atom is 0.257 e. The Kier molecular flexibility index (Phi) is 4.74. The van der Waals surface area contributed by atoms with Crippen LogP contribution >= 0.6 is 0 Å². The third-order valence-electron chi connectivity index (χ3n) is 4.41. The minimum absolute atomic E-state index is 0.0485. The van der Waals surface area contributed by atoms with Gasteiger partial charge in [0, 0.05) is 32.4 Å². The lowest BCUT2D eigenvalue weighted by molar-refractivity contribution is 0.0767.